The van der Waals surface area contributed by atoms with Crippen molar-refractivity contribution in [2.45, 2.75) is 19.4 Å². The molecule has 2 atom stereocenters. The zero-order valence-electron chi connectivity index (χ0n) is 11.4. The summed E-state index contributed by atoms with van der Waals surface area (Å²) in [5.74, 6) is 0.373. The minimum Gasteiger partial charge on any atom is -0.381 e. The van der Waals surface area contributed by atoms with Gasteiger partial charge in [0, 0.05) is 17.0 Å². The summed E-state index contributed by atoms with van der Waals surface area (Å²) in [6, 6.07) is 6.18. The first-order valence-corrected chi connectivity index (χ1v) is 7.58. The number of aromatic nitrogens is 2. The summed E-state index contributed by atoms with van der Waals surface area (Å²) in [4.78, 5) is 4.29. The van der Waals surface area contributed by atoms with Gasteiger partial charge in [-0.15, -0.1) is 0 Å². The Morgan fingerprint density at radius 3 is 3.10 bits per heavy atom. The van der Waals surface area contributed by atoms with Gasteiger partial charge in [-0.2, -0.15) is 0 Å². The summed E-state index contributed by atoms with van der Waals surface area (Å²) in [6.45, 7) is 3.64. The van der Waals surface area contributed by atoms with E-state index in [1.54, 1.807) is 0 Å². The minimum absolute atomic E-state index is 0.0432. The van der Waals surface area contributed by atoms with Crippen molar-refractivity contribution in [2.24, 2.45) is 11.7 Å². The zero-order chi connectivity index (χ0) is 14.1. The van der Waals surface area contributed by atoms with Gasteiger partial charge in [-0.3, -0.25) is 0 Å². The molecule has 3 rings (SSSR count). The molecule has 0 saturated carbocycles. The first-order chi connectivity index (χ1) is 9.66. The van der Waals surface area contributed by atoms with E-state index >= 15 is 0 Å². The second kappa shape index (κ2) is 5.68. The molecule has 106 valence electrons. The molecule has 0 amide bonds. The van der Waals surface area contributed by atoms with Crippen LogP contribution in [0.25, 0.3) is 5.69 Å². The Labute approximate surface area is 127 Å². The molecule has 1 aliphatic heterocycles. The Hall–Kier alpha value is -1.17. The van der Waals surface area contributed by atoms with Gasteiger partial charge in [-0.25, -0.2) is 4.98 Å². The molecule has 2 heterocycles. The number of halogens is 1. The predicted octanol–water partition coefficient (Wildman–Crippen LogP) is 2.98. The number of nitrogens with zero attached hydrogens (tertiary/aromatic N) is 2. The fraction of sp³-hybridized carbons (Fsp3) is 0.400. The smallest absolute Gasteiger partial charge is 0.0994 e. The van der Waals surface area contributed by atoms with Crippen LogP contribution in [-0.2, 0) is 4.74 Å². The van der Waals surface area contributed by atoms with Crippen LogP contribution in [0.5, 0.6) is 0 Å². The van der Waals surface area contributed by atoms with E-state index in [4.69, 9.17) is 10.5 Å². The fourth-order valence-corrected chi connectivity index (χ4v) is 3.02. The molecule has 5 heteroatoms. The Morgan fingerprint density at radius 2 is 2.35 bits per heavy atom. The molecule has 2 unspecified atom stereocenters. The highest BCUT2D eigenvalue weighted by Gasteiger charge is 2.26. The first-order valence-electron chi connectivity index (χ1n) is 6.79. The normalized spacial score (nSPS) is 20.2. The van der Waals surface area contributed by atoms with E-state index in [2.05, 4.69) is 44.5 Å². The summed E-state index contributed by atoms with van der Waals surface area (Å²) in [5, 5.41) is 0. The largest absolute Gasteiger partial charge is 0.381 e. The molecule has 20 heavy (non-hydrogen) atoms. The van der Waals surface area contributed by atoms with Gasteiger partial charge in [-0.05, 0) is 31.0 Å². The number of benzene rings is 1. The molecule has 0 aliphatic carbocycles. The van der Waals surface area contributed by atoms with Gasteiger partial charge in [0.05, 0.1) is 36.6 Å². The van der Waals surface area contributed by atoms with E-state index in [1.165, 1.54) is 5.56 Å². The van der Waals surface area contributed by atoms with Gasteiger partial charge in [0.15, 0.2) is 0 Å². The summed E-state index contributed by atoms with van der Waals surface area (Å²) in [7, 11) is 0. The van der Waals surface area contributed by atoms with E-state index < -0.39 is 0 Å². The number of rotatable bonds is 3. The fourth-order valence-electron chi connectivity index (χ4n) is 2.67. The second-order valence-electron chi connectivity index (χ2n) is 5.27. The van der Waals surface area contributed by atoms with Gasteiger partial charge >= 0.3 is 0 Å². The molecule has 1 aromatic heterocycles. The van der Waals surface area contributed by atoms with E-state index in [0.717, 1.165) is 35.5 Å². The monoisotopic (exact) mass is 335 g/mol. The van der Waals surface area contributed by atoms with E-state index in [1.807, 2.05) is 18.6 Å². The summed E-state index contributed by atoms with van der Waals surface area (Å²) in [6.07, 6.45) is 4.72. The number of hydrogen-bond acceptors (Lipinski definition) is 3. The number of nitrogens with two attached hydrogens (primary N) is 1. The van der Waals surface area contributed by atoms with Crippen molar-refractivity contribution in [1.29, 1.82) is 0 Å². The first kappa shape index (κ1) is 13.8. The minimum atomic E-state index is -0.0432. The van der Waals surface area contributed by atoms with Crippen molar-refractivity contribution in [3.05, 3.63) is 46.5 Å². The van der Waals surface area contributed by atoms with Crippen LogP contribution in [0.3, 0.4) is 0 Å². The van der Waals surface area contributed by atoms with Crippen LogP contribution in [0.2, 0.25) is 0 Å². The molecule has 1 aliphatic rings. The van der Waals surface area contributed by atoms with Crippen molar-refractivity contribution in [3.63, 3.8) is 0 Å². The highest BCUT2D eigenvalue weighted by Crippen LogP contribution is 2.29. The van der Waals surface area contributed by atoms with Crippen LogP contribution in [0.1, 0.15) is 23.7 Å². The van der Waals surface area contributed by atoms with E-state index in [9.17, 15) is 0 Å². The van der Waals surface area contributed by atoms with Crippen molar-refractivity contribution < 1.29 is 4.74 Å². The average Bonchev–Trinajstić information content (AvgIpc) is 3.11. The van der Waals surface area contributed by atoms with Crippen LogP contribution in [-0.4, -0.2) is 22.8 Å². The van der Waals surface area contributed by atoms with Gasteiger partial charge < -0.3 is 15.0 Å². The number of aryl methyl sites for hydroxylation is 1. The average molecular weight is 336 g/mol. The van der Waals surface area contributed by atoms with Gasteiger partial charge in [0.1, 0.15) is 0 Å². The Balaban J connectivity index is 1.99. The lowest BCUT2D eigenvalue weighted by Gasteiger charge is -2.20. The molecular weight excluding hydrogens is 318 g/mol. The standard InChI is InChI=1S/C15H18BrN3O/c1-10-2-3-12(16)6-13(10)19-9-18-7-14(19)15(17)11-4-5-20-8-11/h2-3,6-7,9,11,15H,4-5,8,17H2,1H3. The maximum absolute atomic E-state index is 6.42. The lowest BCUT2D eigenvalue weighted by molar-refractivity contribution is 0.180. The number of ether oxygens (including phenoxy) is 1. The highest BCUT2D eigenvalue weighted by molar-refractivity contribution is 9.10. The van der Waals surface area contributed by atoms with E-state index in [0.29, 0.717) is 5.92 Å². The van der Waals surface area contributed by atoms with Crippen LogP contribution in [0, 0.1) is 12.8 Å². The molecular formula is C15H18BrN3O. The second-order valence-corrected chi connectivity index (χ2v) is 6.18. The summed E-state index contributed by atoms with van der Waals surface area (Å²) < 4.78 is 8.59. The Bertz CT molecular complexity index is 605. The van der Waals surface area contributed by atoms with E-state index in [-0.39, 0.29) is 6.04 Å². The Morgan fingerprint density at radius 1 is 1.50 bits per heavy atom. The third-order valence-electron chi connectivity index (χ3n) is 3.91. The van der Waals surface area contributed by atoms with Crippen LogP contribution >= 0.6 is 15.9 Å². The predicted molar refractivity (Wildman–Crippen MR) is 81.9 cm³/mol. The quantitative estimate of drug-likeness (QED) is 0.938. The van der Waals surface area contributed by atoms with Gasteiger partial charge in [0.2, 0.25) is 0 Å². The summed E-state index contributed by atoms with van der Waals surface area (Å²) in [5.41, 5.74) is 9.77. The van der Waals surface area contributed by atoms with Crippen molar-refractivity contribution >= 4 is 15.9 Å². The zero-order valence-corrected chi connectivity index (χ0v) is 13.0. The third-order valence-corrected chi connectivity index (χ3v) is 4.41. The Kier molecular flexibility index (Phi) is 3.92. The molecule has 2 N–H and O–H groups in total. The maximum atomic E-state index is 6.42. The van der Waals surface area contributed by atoms with Crippen LogP contribution < -0.4 is 5.73 Å². The van der Waals surface area contributed by atoms with Crippen molar-refractivity contribution in [2.75, 3.05) is 13.2 Å². The molecule has 1 saturated heterocycles. The molecule has 1 fully saturated rings. The van der Waals surface area contributed by atoms with Crippen LogP contribution in [0.15, 0.2) is 35.2 Å². The SMILES string of the molecule is Cc1ccc(Br)cc1-n1cncc1C(N)C1CCOC1. The lowest BCUT2D eigenvalue weighted by Crippen LogP contribution is -2.24. The van der Waals surface area contributed by atoms with Gasteiger partial charge in [-0.1, -0.05) is 22.0 Å². The molecule has 0 bridgehead atoms. The molecule has 4 nitrogen and oxygen atoms in total. The topological polar surface area (TPSA) is 53.1 Å². The molecule has 0 spiro atoms. The third kappa shape index (κ3) is 2.53. The van der Waals surface area contributed by atoms with Crippen molar-refractivity contribution in [1.82, 2.24) is 9.55 Å². The lowest BCUT2D eigenvalue weighted by atomic mass is 9.97. The summed E-state index contributed by atoms with van der Waals surface area (Å²) >= 11 is 3.52. The number of hydrogen-bond donors (Lipinski definition) is 1. The number of imidazole rings is 1. The molecule has 0 radical (unpaired) electrons. The van der Waals surface area contributed by atoms with Gasteiger partial charge in [0.25, 0.3) is 0 Å². The highest BCUT2D eigenvalue weighted by atomic mass is 79.9. The molecule has 1 aromatic carbocycles. The van der Waals surface area contributed by atoms with Crippen LogP contribution in [0.4, 0.5) is 0 Å². The maximum Gasteiger partial charge on any atom is 0.0994 e. The van der Waals surface area contributed by atoms with Crippen molar-refractivity contribution in [3.8, 4) is 5.69 Å². The molecule has 2 aromatic rings.